The Balaban J connectivity index is 2.88. The van der Waals surface area contributed by atoms with Gasteiger partial charge in [0.1, 0.15) is 5.82 Å². The molecule has 18 heavy (non-hydrogen) atoms. The highest BCUT2D eigenvalue weighted by molar-refractivity contribution is 9.10. The number of nitrogens with one attached hydrogen (secondary N) is 1. The third-order valence-corrected chi connectivity index (χ3v) is 3.67. The van der Waals surface area contributed by atoms with Gasteiger partial charge in [0.25, 0.3) is 0 Å². The van der Waals surface area contributed by atoms with Crippen LogP contribution in [0.5, 0.6) is 0 Å². The Kier molecular flexibility index (Phi) is 6.65. The SMILES string of the molecule is CCCNCc1cc(Br)cnc1N(C)C(C)CC. The Morgan fingerprint density at radius 3 is 2.78 bits per heavy atom. The molecule has 1 unspecified atom stereocenters. The fraction of sp³-hybridized carbons (Fsp3) is 0.643. The van der Waals surface area contributed by atoms with Gasteiger partial charge < -0.3 is 10.2 Å². The van der Waals surface area contributed by atoms with Crippen molar-refractivity contribution in [3.8, 4) is 0 Å². The van der Waals surface area contributed by atoms with Crippen molar-refractivity contribution < 1.29 is 0 Å². The van der Waals surface area contributed by atoms with E-state index in [0.29, 0.717) is 6.04 Å². The van der Waals surface area contributed by atoms with Crippen LogP contribution < -0.4 is 10.2 Å². The second-order valence-corrected chi connectivity index (χ2v) is 5.60. The van der Waals surface area contributed by atoms with Gasteiger partial charge in [0.05, 0.1) is 0 Å². The Hall–Kier alpha value is -0.610. The smallest absolute Gasteiger partial charge is 0.133 e. The second kappa shape index (κ2) is 7.74. The molecule has 0 aliphatic carbocycles. The zero-order valence-corrected chi connectivity index (χ0v) is 13.4. The summed E-state index contributed by atoms with van der Waals surface area (Å²) >= 11 is 3.50. The fourth-order valence-electron chi connectivity index (χ4n) is 1.80. The lowest BCUT2D eigenvalue weighted by molar-refractivity contribution is 0.639. The zero-order valence-electron chi connectivity index (χ0n) is 11.8. The monoisotopic (exact) mass is 313 g/mol. The molecule has 0 fully saturated rings. The van der Waals surface area contributed by atoms with Crippen molar-refractivity contribution in [2.24, 2.45) is 0 Å². The average molecular weight is 314 g/mol. The first-order chi connectivity index (χ1) is 8.60. The quantitative estimate of drug-likeness (QED) is 0.780. The van der Waals surface area contributed by atoms with E-state index in [1.54, 1.807) is 0 Å². The molecule has 0 amide bonds. The molecule has 0 radical (unpaired) electrons. The molecule has 1 N–H and O–H groups in total. The largest absolute Gasteiger partial charge is 0.357 e. The number of nitrogens with zero attached hydrogens (tertiary/aromatic N) is 2. The van der Waals surface area contributed by atoms with Crippen LogP contribution in [-0.4, -0.2) is 24.6 Å². The second-order valence-electron chi connectivity index (χ2n) is 4.68. The molecule has 1 heterocycles. The number of halogens is 1. The zero-order chi connectivity index (χ0) is 13.5. The summed E-state index contributed by atoms with van der Waals surface area (Å²) < 4.78 is 1.04. The average Bonchev–Trinajstić information content (AvgIpc) is 2.37. The van der Waals surface area contributed by atoms with E-state index in [9.17, 15) is 0 Å². The van der Waals surface area contributed by atoms with Gasteiger partial charge in [-0.25, -0.2) is 4.98 Å². The van der Waals surface area contributed by atoms with E-state index in [1.165, 1.54) is 5.56 Å². The van der Waals surface area contributed by atoms with Gasteiger partial charge in [-0.05, 0) is 48.3 Å². The summed E-state index contributed by atoms with van der Waals surface area (Å²) in [6.45, 7) is 8.52. The van der Waals surface area contributed by atoms with Crippen LogP contribution >= 0.6 is 15.9 Å². The van der Waals surface area contributed by atoms with Crippen LogP contribution in [0.4, 0.5) is 5.82 Å². The first-order valence-electron chi connectivity index (χ1n) is 6.68. The molecule has 4 heteroatoms. The molecule has 1 aromatic rings. The van der Waals surface area contributed by atoms with Gasteiger partial charge in [-0.1, -0.05) is 13.8 Å². The maximum absolute atomic E-state index is 4.56. The summed E-state index contributed by atoms with van der Waals surface area (Å²) in [5.41, 5.74) is 1.25. The van der Waals surface area contributed by atoms with Crippen LogP contribution in [0.15, 0.2) is 16.7 Å². The van der Waals surface area contributed by atoms with Crippen LogP contribution in [0.25, 0.3) is 0 Å². The van der Waals surface area contributed by atoms with E-state index < -0.39 is 0 Å². The van der Waals surface area contributed by atoms with Crippen LogP contribution in [0.2, 0.25) is 0 Å². The van der Waals surface area contributed by atoms with E-state index in [1.807, 2.05) is 6.20 Å². The van der Waals surface area contributed by atoms with Crippen LogP contribution in [0.3, 0.4) is 0 Å². The third-order valence-electron chi connectivity index (χ3n) is 3.24. The topological polar surface area (TPSA) is 28.2 Å². The third kappa shape index (κ3) is 4.25. The number of aromatic nitrogens is 1. The molecule has 0 spiro atoms. The number of pyridine rings is 1. The van der Waals surface area contributed by atoms with Crippen molar-refractivity contribution in [3.63, 3.8) is 0 Å². The maximum Gasteiger partial charge on any atom is 0.133 e. The van der Waals surface area contributed by atoms with Gasteiger partial charge in [-0.3, -0.25) is 0 Å². The van der Waals surface area contributed by atoms with Crippen molar-refractivity contribution in [1.82, 2.24) is 10.3 Å². The lowest BCUT2D eigenvalue weighted by atomic mass is 10.2. The summed E-state index contributed by atoms with van der Waals surface area (Å²) in [4.78, 5) is 6.82. The molecule has 1 aromatic heterocycles. The molecule has 1 rings (SSSR count). The lowest BCUT2D eigenvalue weighted by Crippen LogP contribution is -2.30. The van der Waals surface area contributed by atoms with E-state index in [2.05, 4.69) is 65.0 Å². The highest BCUT2D eigenvalue weighted by atomic mass is 79.9. The molecule has 0 aromatic carbocycles. The normalized spacial score (nSPS) is 12.5. The van der Waals surface area contributed by atoms with Crippen molar-refractivity contribution in [3.05, 3.63) is 22.3 Å². The molecule has 0 bridgehead atoms. The van der Waals surface area contributed by atoms with Crippen LogP contribution in [0, 0.1) is 0 Å². The van der Waals surface area contributed by atoms with Crippen molar-refractivity contribution >= 4 is 21.7 Å². The Labute approximate surface area is 119 Å². The molecule has 1 atom stereocenters. The molecule has 0 saturated heterocycles. The number of anilines is 1. The van der Waals surface area contributed by atoms with Gasteiger partial charge in [0.2, 0.25) is 0 Å². The van der Waals surface area contributed by atoms with E-state index >= 15 is 0 Å². The molecule has 0 saturated carbocycles. The maximum atomic E-state index is 4.56. The molecular weight excluding hydrogens is 290 g/mol. The Morgan fingerprint density at radius 1 is 1.44 bits per heavy atom. The lowest BCUT2D eigenvalue weighted by Gasteiger charge is -2.27. The van der Waals surface area contributed by atoms with Crippen molar-refractivity contribution in [2.75, 3.05) is 18.5 Å². The Bertz CT molecular complexity index is 368. The summed E-state index contributed by atoms with van der Waals surface area (Å²) in [6.07, 6.45) is 4.14. The minimum absolute atomic E-state index is 0.503. The minimum Gasteiger partial charge on any atom is -0.357 e. The van der Waals surface area contributed by atoms with Crippen LogP contribution in [0.1, 0.15) is 39.2 Å². The van der Waals surface area contributed by atoms with Gasteiger partial charge in [-0.15, -0.1) is 0 Å². The summed E-state index contributed by atoms with van der Waals surface area (Å²) in [5.74, 6) is 1.08. The van der Waals surface area contributed by atoms with Crippen molar-refractivity contribution in [1.29, 1.82) is 0 Å². The summed E-state index contributed by atoms with van der Waals surface area (Å²) in [7, 11) is 2.12. The minimum atomic E-state index is 0.503. The predicted molar refractivity (Wildman–Crippen MR) is 82.1 cm³/mol. The first kappa shape index (κ1) is 15.4. The number of rotatable bonds is 7. The molecule has 0 aliphatic rings. The highest BCUT2D eigenvalue weighted by Crippen LogP contribution is 2.22. The van der Waals surface area contributed by atoms with E-state index in [4.69, 9.17) is 0 Å². The standard InChI is InChI=1S/C14H24BrN3/c1-5-7-16-9-12-8-13(15)10-17-14(12)18(4)11(3)6-2/h8,10-11,16H,5-7,9H2,1-4H3. The summed E-state index contributed by atoms with van der Waals surface area (Å²) in [5, 5.41) is 3.44. The Morgan fingerprint density at radius 2 is 2.17 bits per heavy atom. The van der Waals surface area contributed by atoms with Gasteiger partial charge in [-0.2, -0.15) is 0 Å². The predicted octanol–water partition coefficient (Wildman–Crippen LogP) is 3.58. The van der Waals surface area contributed by atoms with Gasteiger partial charge >= 0.3 is 0 Å². The van der Waals surface area contributed by atoms with Crippen LogP contribution in [-0.2, 0) is 6.54 Å². The fourth-order valence-corrected chi connectivity index (χ4v) is 2.18. The molecular formula is C14H24BrN3. The molecule has 0 aliphatic heterocycles. The van der Waals surface area contributed by atoms with Gasteiger partial charge in [0.15, 0.2) is 0 Å². The van der Waals surface area contributed by atoms with E-state index in [-0.39, 0.29) is 0 Å². The molecule has 3 nitrogen and oxygen atoms in total. The highest BCUT2D eigenvalue weighted by Gasteiger charge is 2.13. The summed E-state index contributed by atoms with van der Waals surface area (Å²) in [6, 6.07) is 2.66. The number of hydrogen-bond donors (Lipinski definition) is 1. The van der Waals surface area contributed by atoms with Crippen molar-refractivity contribution in [2.45, 2.75) is 46.2 Å². The van der Waals surface area contributed by atoms with E-state index in [0.717, 1.165) is 36.2 Å². The first-order valence-corrected chi connectivity index (χ1v) is 7.47. The number of hydrogen-bond acceptors (Lipinski definition) is 3. The van der Waals surface area contributed by atoms with Gasteiger partial charge in [0, 0.05) is 35.9 Å². The molecule has 102 valence electrons.